The number of furan rings is 1. The number of hydrogen-bond acceptors (Lipinski definition) is 4. The Balaban J connectivity index is 2.45. The first-order chi connectivity index (χ1) is 9.17. The van der Waals surface area contributed by atoms with E-state index in [-0.39, 0.29) is 18.3 Å². The maximum Gasteiger partial charge on any atom is 0.307 e. The van der Waals surface area contributed by atoms with Gasteiger partial charge in [-0.2, -0.15) is 0 Å². The molecule has 0 saturated carbocycles. The minimum Gasteiger partial charge on any atom is -0.466 e. The molecule has 0 fully saturated rings. The first-order valence-corrected chi connectivity index (χ1v) is 6.33. The van der Waals surface area contributed by atoms with E-state index in [1.807, 2.05) is 6.92 Å². The van der Waals surface area contributed by atoms with E-state index in [0.717, 1.165) is 0 Å². The Morgan fingerprint density at radius 2 is 2.21 bits per heavy atom. The average molecular weight is 265 g/mol. The van der Waals surface area contributed by atoms with Crippen LogP contribution < -0.4 is 0 Å². The number of carbonyl (C=O) groups excluding carboxylic acids is 2. The fraction of sp³-hybridized carbons (Fsp3) is 0.429. The standard InChI is InChI=1S/C14H19NO4/c1-3-15(10-9-14(17)18-4-2)13(16)8-7-12-6-5-11-19-12/h5-8,11H,3-4,9-10H2,1-2H3/b8-7+. The van der Waals surface area contributed by atoms with E-state index in [0.29, 0.717) is 25.5 Å². The highest BCUT2D eigenvalue weighted by molar-refractivity contribution is 5.91. The van der Waals surface area contributed by atoms with Gasteiger partial charge in [0.25, 0.3) is 0 Å². The van der Waals surface area contributed by atoms with Crippen molar-refractivity contribution >= 4 is 18.0 Å². The third-order valence-corrected chi connectivity index (χ3v) is 2.52. The number of likely N-dealkylation sites (N-methyl/N-ethyl adjacent to an activating group) is 1. The molecule has 0 bridgehead atoms. The summed E-state index contributed by atoms with van der Waals surface area (Å²) in [6.07, 6.45) is 4.80. The lowest BCUT2D eigenvalue weighted by molar-refractivity contribution is -0.143. The molecule has 1 rings (SSSR count). The Bertz CT molecular complexity index is 423. The van der Waals surface area contributed by atoms with Gasteiger partial charge < -0.3 is 14.1 Å². The van der Waals surface area contributed by atoms with E-state index in [4.69, 9.17) is 9.15 Å². The van der Waals surface area contributed by atoms with Crippen molar-refractivity contribution in [2.45, 2.75) is 20.3 Å². The first kappa shape index (κ1) is 15.0. The molecule has 0 unspecified atom stereocenters. The van der Waals surface area contributed by atoms with Crippen LogP contribution in [0.5, 0.6) is 0 Å². The zero-order valence-electron chi connectivity index (χ0n) is 11.3. The predicted molar refractivity (Wildman–Crippen MR) is 71.2 cm³/mol. The minimum atomic E-state index is -0.288. The van der Waals surface area contributed by atoms with Crippen LogP contribution in [0, 0.1) is 0 Å². The second-order valence-corrected chi connectivity index (χ2v) is 3.82. The van der Waals surface area contributed by atoms with Crippen molar-refractivity contribution in [2.24, 2.45) is 0 Å². The normalized spacial score (nSPS) is 10.6. The lowest BCUT2D eigenvalue weighted by Crippen LogP contribution is -2.31. The maximum absolute atomic E-state index is 11.9. The first-order valence-electron chi connectivity index (χ1n) is 6.33. The summed E-state index contributed by atoms with van der Waals surface area (Å²) >= 11 is 0. The number of amides is 1. The van der Waals surface area contributed by atoms with Gasteiger partial charge >= 0.3 is 5.97 Å². The van der Waals surface area contributed by atoms with Crippen LogP contribution in [0.15, 0.2) is 28.9 Å². The molecule has 1 aromatic heterocycles. The van der Waals surface area contributed by atoms with Gasteiger partial charge in [-0.3, -0.25) is 9.59 Å². The van der Waals surface area contributed by atoms with Gasteiger partial charge in [0.05, 0.1) is 19.3 Å². The molecular formula is C14H19NO4. The summed E-state index contributed by atoms with van der Waals surface area (Å²) in [5.41, 5.74) is 0. The monoisotopic (exact) mass is 265 g/mol. The molecule has 0 aromatic carbocycles. The van der Waals surface area contributed by atoms with E-state index in [1.54, 1.807) is 36.3 Å². The predicted octanol–water partition coefficient (Wildman–Crippen LogP) is 2.09. The number of nitrogens with zero attached hydrogens (tertiary/aromatic N) is 1. The molecule has 0 spiro atoms. The van der Waals surface area contributed by atoms with Crippen molar-refractivity contribution in [2.75, 3.05) is 19.7 Å². The molecule has 0 atom stereocenters. The Morgan fingerprint density at radius 3 is 2.79 bits per heavy atom. The van der Waals surface area contributed by atoms with Crippen LogP contribution in [0.3, 0.4) is 0 Å². The average Bonchev–Trinajstić information content (AvgIpc) is 2.90. The fourth-order valence-corrected chi connectivity index (χ4v) is 1.53. The van der Waals surface area contributed by atoms with E-state index >= 15 is 0 Å². The molecule has 5 heteroatoms. The van der Waals surface area contributed by atoms with Gasteiger partial charge in [-0.15, -0.1) is 0 Å². The van der Waals surface area contributed by atoms with E-state index in [9.17, 15) is 9.59 Å². The molecule has 0 aliphatic heterocycles. The lowest BCUT2D eigenvalue weighted by atomic mass is 10.3. The Morgan fingerprint density at radius 1 is 1.42 bits per heavy atom. The second-order valence-electron chi connectivity index (χ2n) is 3.82. The van der Waals surface area contributed by atoms with Gasteiger partial charge in [-0.05, 0) is 32.1 Å². The summed E-state index contributed by atoms with van der Waals surface area (Å²) in [6, 6.07) is 3.52. The molecule has 5 nitrogen and oxygen atoms in total. The smallest absolute Gasteiger partial charge is 0.307 e. The summed E-state index contributed by atoms with van der Waals surface area (Å²) in [5.74, 6) is 0.182. The lowest BCUT2D eigenvalue weighted by Gasteiger charge is -2.18. The van der Waals surface area contributed by atoms with E-state index in [1.165, 1.54) is 6.08 Å². The molecule has 0 N–H and O–H groups in total. The molecule has 0 aliphatic rings. The highest BCUT2D eigenvalue weighted by Crippen LogP contribution is 2.04. The highest BCUT2D eigenvalue weighted by Gasteiger charge is 2.11. The van der Waals surface area contributed by atoms with Crippen LogP contribution in [0.25, 0.3) is 6.08 Å². The Kier molecular flexibility index (Phi) is 6.43. The van der Waals surface area contributed by atoms with Gasteiger partial charge in [0.2, 0.25) is 5.91 Å². The fourth-order valence-electron chi connectivity index (χ4n) is 1.53. The van der Waals surface area contributed by atoms with Crippen LogP contribution in [0.2, 0.25) is 0 Å². The summed E-state index contributed by atoms with van der Waals surface area (Å²) in [6.45, 7) is 4.88. The topological polar surface area (TPSA) is 59.8 Å². The van der Waals surface area contributed by atoms with Crippen molar-refractivity contribution < 1.29 is 18.7 Å². The minimum absolute atomic E-state index is 0.150. The summed E-state index contributed by atoms with van der Waals surface area (Å²) < 4.78 is 9.92. The van der Waals surface area contributed by atoms with E-state index < -0.39 is 0 Å². The number of rotatable bonds is 7. The van der Waals surface area contributed by atoms with Crippen LogP contribution in [0.4, 0.5) is 0 Å². The number of carbonyl (C=O) groups is 2. The number of ether oxygens (including phenoxy) is 1. The van der Waals surface area contributed by atoms with Gasteiger partial charge in [-0.1, -0.05) is 0 Å². The van der Waals surface area contributed by atoms with Crippen LogP contribution in [0.1, 0.15) is 26.0 Å². The summed E-state index contributed by atoms with van der Waals surface area (Å²) in [7, 11) is 0. The van der Waals surface area contributed by atoms with Crippen LogP contribution in [-0.4, -0.2) is 36.5 Å². The maximum atomic E-state index is 11.9. The molecule has 1 heterocycles. The molecular weight excluding hydrogens is 246 g/mol. The number of hydrogen-bond donors (Lipinski definition) is 0. The third kappa shape index (κ3) is 5.42. The Hall–Kier alpha value is -2.04. The molecule has 0 aliphatic carbocycles. The second kappa shape index (κ2) is 8.13. The molecule has 0 radical (unpaired) electrons. The summed E-state index contributed by atoms with van der Waals surface area (Å²) in [4.78, 5) is 24.7. The largest absolute Gasteiger partial charge is 0.466 e. The van der Waals surface area contributed by atoms with Gasteiger partial charge in [0.15, 0.2) is 0 Å². The SMILES string of the molecule is CCOC(=O)CCN(CC)C(=O)/C=C/c1ccco1. The van der Waals surface area contributed by atoms with Crippen LogP contribution in [-0.2, 0) is 14.3 Å². The summed E-state index contributed by atoms with van der Waals surface area (Å²) in [5, 5.41) is 0. The van der Waals surface area contributed by atoms with Crippen molar-refractivity contribution in [3.8, 4) is 0 Å². The molecule has 0 saturated heterocycles. The molecule has 1 aromatic rings. The van der Waals surface area contributed by atoms with Gasteiger partial charge in [0, 0.05) is 19.2 Å². The van der Waals surface area contributed by atoms with Crippen molar-refractivity contribution in [1.82, 2.24) is 4.90 Å². The van der Waals surface area contributed by atoms with Gasteiger partial charge in [0.1, 0.15) is 5.76 Å². The highest BCUT2D eigenvalue weighted by atomic mass is 16.5. The molecule has 1 amide bonds. The van der Waals surface area contributed by atoms with E-state index in [2.05, 4.69) is 0 Å². The van der Waals surface area contributed by atoms with Gasteiger partial charge in [-0.25, -0.2) is 0 Å². The third-order valence-electron chi connectivity index (χ3n) is 2.52. The van der Waals surface area contributed by atoms with Crippen molar-refractivity contribution in [3.63, 3.8) is 0 Å². The van der Waals surface area contributed by atoms with Crippen molar-refractivity contribution in [3.05, 3.63) is 30.2 Å². The van der Waals surface area contributed by atoms with Crippen molar-refractivity contribution in [1.29, 1.82) is 0 Å². The molecule has 104 valence electrons. The zero-order valence-corrected chi connectivity index (χ0v) is 11.3. The molecule has 19 heavy (non-hydrogen) atoms. The van der Waals surface area contributed by atoms with Crippen LogP contribution >= 0.6 is 0 Å². The quantitative estimate of drug-likeness (QED) is 0.559. The zero-order chi connectivity index (χ0) is 14.1. The Labute approximate surface area is 112 Å². The number of esters is 1.